The van der Waals surface area contributed by atoms with E-state index in [2.05, 4.69) is 21.5 Å². The van der Waals surface area contributed by atoms with E-state index >= 15 is 0 Å². The Balaban J connectivity index is 1.58. The van der Waals surface area contributed by atoms with Crippen LogP contribution in [0.5, 0.6) is 5.75 Å². The van der Waals surface area contributed by atoms with Gasteiger partial charge in [-0.15, -0.1) is 5.10 Å². The van der Waals surface area contributed by atoms with Crippen molar-refractivity contribution in [1.82, 2.24) is 19.2 Å². The van der Waals surface area contributed by atoms with Gasteiger partial charge in [-0.25, -0.2) is 18.9 Å². The van der Waals surface area contributed by atoms with Crippen molar-refractivity contribution in [3.63, 3.8) is 0 Å². The van der Waals surface area contributed by atoms with Crippen molar-refractivity contribution in [1.29, 1.82) is 0 Å². The smallest absolute Gasteiger partial charge is 0.350 e. The number of fused-ring (bicyclic) bond motifs is 1. The average molecular weight is 470 g/mol. The fourth-order valence-electron chi connectivity index (χ4n) is 3.20. The summed E-state index contributed by atoms with van der Waals surface area (Å²) in [5.41, 5.74) is 2.74. The number of ether oxygens (including phenoxy) is 1. The van der Waals surface area contributed by atoms with Crippen molar-refractivity contribution >= 4 is 40.6 Å². The summed E-state index contributed by atoms with van der Waals surface area (Å²) in [5.74, 6) is 0.0934. The maximum absolute atomic E-state index is 12.8. The number of hydrogen-bond acceptors (Lipinski definition) is 6. The van der Waals surface area contributed by atoms with Gasteiger partial charge in [0.15, 0.2) is 5.65 Å². The Kier molecular flexibility index (Phi) is 6.20. The Bertz CT molecular complexity index is 1380. The number of halogens is 1. The Morgan fingerprint density at radius 3 is 2.75 bits per heavy atom. The molecule has 0 unspecified atom stereocenters. The fraction of sp³-hybridized carbons (Fsp3) is 0.182. The van der Waals surface area contributed by atoms with Gasteiger partial charge in [-0.2, -0.15) is 0 Å². The molecule has 0 aliphatic heterocycles. The SMILES string of the molecule is COc1ccc(NC(=O)Cn2nc3c(Sc4ccc(C)cc4C)nccn3c2=O)cc1Cl. The van der Waals surface area contributed by atoms with E-state index in [4.69, 9.17) is 16.3 Å². The molecule has 32 heavy (non-hydrogen) atoms. The van der Waals surface area contributed by atoms with Crippen LogP contribution in [-0.2, 0) is 11.3 Å². The number of benzene rings is 2. The number of aryl methyl sites for hydroxylation is 2. The monoisotopic (exact) mass is 469 g/mol. The van der Waals surface area contributed by atoms with Gasteiger partial charge in [0, 0.05) is 23.0 Å². The van der Waals surface area contributed by atoms with Crippen LogP contribution in [0.3, 0.4) is 0 Å². The molecule has 8 nitrogen and oxygen atoms in total. The Labute approximate surface area is 193 Å². The predicted molar refractivity (Wildman–Crippen MR) is 124 cm³/mol. The van der Waals surface area contributed by atoms with E-state index in [-0.39, 0.29) is 6.54 Å². The maximum atomic E-state index is 12.8. The second-order valence-electron chi connectivity index (χ2n) is 7.13. The summed E-state index contributed by atoms with van der Waals surface area (Å²) < 4.78 is 7.61. The highest BCUT2D eigenvalue weighted by Crippen LogP contribution is 2.31. The Hall–Kier alpha value is -3.30. The summed E-state index contributed by atoms with van der Waals surface area (Å²) in [6.45, 7) is 3.81. The lowest BCUT2D eigenvalue weighted by atomic mass is 10.2. The topological polar surface area (TPSA) is 90.5 Å². The number of methoxy groups -OCH3 is 1. The molecular formula is C22H20ClN5O3S. The van der Waals surface area contributed by atoms with Crippen LogP contribution >= 0.6 is 23.4 Å². The van der Waals surface area contributed by atoms with E-state index in [0.717, 1.165) is 15.1 Å². The first kappa shape index (κ1) is 21.9. The minimum absolute atomic E-state index is 0.252. The zero-order valence-electron chi connectivity index (χ0n) is 17.6. The van der Waals surface area contributed by atoms with Crippen molar-refractivity contribution in [2.24, 2.45) is 0 Å². The van der Waals surface area contributed by atoms with Crippen LogP contribution in [-0.4, -0.2) is 32.2 Å². The summed E-state index contributed by atoms with van der Waals surface area (Å²) >= 11 is 7.53. The van der Waals surface area contributed by atoms with E-state index in [1.165, 1.54) is 35.0 Å². The van der Waals surface area contributed by atoms with Crippen molar-refractivity contribution in [3.05, 3.63) is 75.4 Å². The first-order valence-electron chi connectivity index (χ1n) is 9.68. The summed E-state index contributed by atoms with van der Waals surface area (Å²) in [5, 5.41) is 8.02. The molecule has 2 aromatic heterocycles. The number of rotatable bonds is 6. The van der Waals surface area contributed by atoms with Crippen LogP contribution in [0.15, 0.2) is 63.5 Å². The number of aromatic nitrogens is 4. The Morgan fingerprint density at radius 1 is 1.22 bits per heavy atom. The number of anilines is 1. The molecule has 4 aromatic rings. The van der Waals surface area contributed by atoms with Gasteiger partial charge in [-0.3, -0.25) is 4.79 Å². The normalized spacial score (nSPS) is 11.0. The molecule has 4 rings (SSSR count). The highest BCUT2D eigenvalue weighted by molar-refractivity contribution is 7.99. The van der Waals surface area contributed by atoms with Crippen LogP contribution in [0.1, 0.15) is 11.1 Å². The van der Waals surface area contributed by atoms with E-state index in [0.29, 0.717) is 27.1 Å². The lowest BCUT2D eigenvalue weighted by molar-refractivity contribution is -0.117. The van der Waals surface area contributed by atoms with E-state index < -0.39 is 11.6 Å². The van der Waals surface area contributed by atoms with Gasteiger partial charge >= 0.3 is 5.69 Å². The first-order chi connectivity index (χ1) is 15.4. The van der Waals surface area contributed by atoms with Crippen LogP contribution in [0, 0.1) is 13.8 Å². The highest BCUT2D eigenvalue weighted by atomic mass is 35.5. The zero-order valence-corrected chi connectivity index (χ0v) is 19.2. The molecule has 2 aromatic carbocycles. The molecule has 0 fully saturated rings. The molecule has 0 aliphatic carbocycles. The standard InChI is InChI=1S/C22H20ClN5O3S/c1-13-4-7-18(14(2)10-13)32-21-20-26-28(22(30)27(20)9-8-24-21)12-19(29)25-15-5-6-17(31-3)16(23)11-15/h4-11H,12H2,1-3H3,(H,25,29). The molecule has 0 radical (unpaired) electrons. The van der Waals surface area contributed by atoms with Crippen molar-refractivity contribution in [2.45, 2.75) is 30.3 Å². The summed E-state index contributed by atoms with van der Waals surface area (Å²) in [7, 11) is 1.51. The molecule has 0 spiro atoms. The van der Waals surface area contributed by atoms with Crippen LogP contribution in [0.2, 0.25) is 5.02 Å². The number of carbonyl (C=O) groups excluding carboxylic acids is 1. The lowest BCUT2D eigenvalue weighted by Gasteiger charge is -2.07. The lowest BCUT2D eigenvalue weighted by Crippen LogP contribution is -2.28. The van der Waals surface area contributed by atoms with Crippen molar-refractivity contribution in [3.8, 4) is 5.75 Å². The van der Waals surface area contributed by atoms with E-state index in [9.17, 15) is 9.59 Å². The third-order valence-electron chi connectivity index (χ3n) is 4.74. The highest BCUT2D eigenvalue weighted by Gasteiger charge is 2.16. The van der Waals surface area contributed by atoms with E-state index in [1.807, 2.05) is 26.0 Å². The molecular weight excluding hydrogens is 450 g/mol. The van der Waals surface area contributed by atoms with Gasteiger partial charge in [-0.1, -0.05) is 41.1 Å². The predicted octanol–water partition coefficient (Wildman–Crippen LogP) is 3.96. The third-order valence-corrected chi connectivity index (χ3v) is 6.19. The first-order valence-corrected chi connectivity index (χ1v) is 10.9. The fourth-order valence-corrected chi connectivity index (χ4v) is 4.37. The van der Waals surface area contributed by atoms with Gasteiger partial charge < -0.3 is 10.1 Å². The maximum Gasteiger partial charge on any atom is 0.350 e. The van der Waals surface area contributed by atoms with Crippen LogP contribution in [0.25, 0.3) is 5.65 Å². The van der Waals surface area contributed by atoms with Gasteiger partial charge in [0.05, 0.1) is 12.1 Å². The van der Waals surface area contributed by atoms with Gasteiger partial charge in [-0.05, 0) is 43.7 Å². The summed E-state index contributed by atoms with van der Waals surface area (Å²) in [6.07, 6.45) is 3.08. The van der Waals surface area contributed by atoms with E-state index in [1.54, 1.807) is 24.4 Å². The molecule has 10 heteroatoms. The number of carbonyl (C=O) groups is 1. The minimum Gasteiger partial charge on any atom is -0.495 e. The Morgan fingerprint density at radius 2 is 2.03 bits per heavy atom. The molecule has 0 saturated heterocycles. The molecule has 0 bridgehead atoms. The van der Waals surface area contributed by atoms with Crippen LogP contribution < -0.4 is 15.7 Å². The summed E-state index contributed by atoms with van der Waals surface area (Å²) in [6, 6.07) is 11.0. The minimum atomic E-state index is -0.423. The van der Waals surface area contributed by atoms with Gasteiger partial charge in [0.1, 0.15) is 17.3 Å². The average Bonchev–Trinajstić information content (AvgIpc) is 3.06. The number of nitrogens with zero attached hydrogens (tertiary/aromatic N) is 4. The third kappa shape index (κ3) is 4.49. The van der Waals surface area contributed by atoms with Crippen molar-refractivity contribution in [2.75, 3.05) is 12.4 Å². The largest absolute Gasteiger partial charge is 0.495 e. The van der Waals surface area contributed by atoms with Crippen molar-refractivity contribution < 1.29 is 9.53 Å². The van der Waals surface area contributed by atoms with Crippen LogP contribution in [0.4, 0.5) is 5.69 Å². The number of hydrogen-bond donors (Lipinski definition) is 1. The second-order valence-corrected chi connectivity index (χ2v) is 8.57. The second kappa shape index (κ2) is 9.05. The van der Waals surface area contributed by atoms with Gasteiger partial charge in [0.25, 0.3) is 0 Å². The quantitative estimate of drug-likeness (QED) is 0.459. The molecule has 2 heterocycles. The zero-order chi connectivity index (χ0) is 22.8. The molecule has 0 saturated carbocycles. The summed E-state index contributed by atoms with van der Waals surface area (Å²) in [4.78, 5) is 30.7. The van der Waals surface area contributed by atoms with Gasteiger partial charge in [0.2, 0.25) is 5.91 Å². The molecule has 0 aliphatic rings. The number of nitrogens with one attached hydrogen (secondary N) is 1. The molecule has 164 valence electrons. The molecule has 1 N–H and O–H groups in total. The molecule has 1 amide bonds. The number of amides is 1. The molecule has 0 atom stereocenters.